The summed E-state index contributed by atoms with van der Waals surface area (Å²) in [5.74, 6) is 0. The Kier molecular flexibility index (Phi) is 3.30. The van der Waals surface area contributed by atoms with Crippen molar-refractivity contribution in [2.75, 3.05) is 7.05 Å². The summed E-state index contributed by atoms with van der Waals surface area (Å²) >= 11 is 1.75. The Labute approximate surface area is 89.8 Å². The van der Waals surface area contributed by atoms with Gasteiger partial charge in [-0.15, -0.1) is 11.3 Å². The molecule has 76 valence electrons. The molecule has 0 bridgehead atoms. The maximum Gasteiger partial charge on any atom is 0.103 e. The van der Waals surface area contributed by atoms with Crippen molar-refractivity contribution in [3.63, 3.8) is 0 Å². The molecular weight excluding hydrogens is 192 g/mol. The summed E-state index contributed by atoms with van der Waals surface area (Å²) in [5.41, 5.74) is 0.923. The number of hydrogen-bond donors (Lipinski definition) is 0. The number of nitrogens with zero attached hydrogens (tertiary/aromatic N) is 2. The first kappa shape index (κ1) is 11.2. The first-order valence-electron chi connectivity index (χ1n) is 4.63. The molecule has 0 atom stereocenters. The van der Waals surface area contributed by atoms with E-state index in [2.05, 4.69) is 29.3 Å². The molecule has 0 unspecified atom stereocenters. The molecule has 0 N–H and O–H groups in total. The molecule has 0 aliphatic rings. The van der Waals surface area contributed by atoms with Crippen LogP contribution in [0.4, 0.5) is 0 Å². The summed E-state index contributed by atoms with van der Waals surface area (Å²) in [4.78, 5) is 3.42. The van der Waals surface area contributed by atoms with Crippen LogP contribution in [0.3, 0.4) is 0 Å². The molecule has 1 rings (SSSR count). The molecule has 0 radical (unpaired) electrons. The average molecular weight is 208 g/mol. The Morgan fingerprint density at radius 3 is 2.64 bits per heavy atom. The maximum atomic E-state index is 8.97. The second-order valence-corrected chi connectivity index (χ2v) is 5.05. The van der Waals surface area contributed by atoms with Gasteiger partial charge in [0.25, 0.3) is 0 Å². The second-order valence-electron chi connectivity index (χ2n) is 4.05. The van der Waals surface area contributed by atoms with Gasteiger partial charge in [0.15, 0.2) is 0 Å². The van der Waals surface area contributed by atoms with E-state index in [4.69, 9.17) is 5.26 Å². The highest BCUT2D eigenvalue weighted by molar-refractivity contribution is 7.10. The van der Waals surface area contributed by atoms with Crippen molar-refractivity contribution in [1.82, 2.24) is 4.90 Å². The molecule has 0 spiro atoms. The lowest BCUT2D eigenvalue weighted by atomic mass is 10.1. The number of thiophene rings is 1. The van der Waals surface area contributed by atoms with Crippen LogP contribution in [0.25, 0.3) is 0 Å². The lowest BCUT2D eigenvalue weighted by Gasteiger charge is -2.28. The van der Waals surface area contributed by atoms with Crippen LogP contribution in [-0.2, 0) is 6.54 Å². The third-order valence-corrected chi connectivity index (χ3v) is 3.58. The number of hydrogen-bond acceptors (Lipinski definition) is 3. The summed E-state index contributed by atoms with van der Waals surface area (Å²) in [7, 11) is 1.99. The molecule has 0 amide bonds. The van der Waals surface area contributed by atoms with Crippen LogP contribution in [0.15, 0.2) is 11.4 Å². The van der Waals surface area contributed by atoms with Crippen LogP contribution >= 0.6 is 11.3 Å². The van der Waals surface area contributed by atoms with Crippen molar-refractivity contribution in [3.05, 3.63) is 21.9 Å². The largest absolute Gasteiger partial charge is 0.284 e. The fourth-order valence-electron chi connectivity index (χ4n) is 1.06. The molecule has 0 fully saturated rings. The summed E-state index contributed by atoms with van der Waals surface area (Å²) in [6, 6.07) is 4.42. The Morgan fingerprint density at radius 2 is 2.21 bits per heavy atom. The van der Waals surface area contributed by atoms with E-state index in [0.29, 0.717) is 0 Å². The first-order valence-corrected chi connectivity index (χ1v) is 5.51. The van der Waals surface area contributed by atoms with Crippen LogP contribution in [0.2, 0.25) is 0 Å². The zero-order valence-electron chi connectivity index (χ0n) is 9.16. The fraction of sp³-hybridized carbons (Fsp3) is 0.545. The third-order valence-electron chi connectivity index (χ3n) is 2.58. The molecule has 0 saturated heterocycles. The number of nitriles is 1. The highest BCUT2D eigenvalue weighted by Gasteiger charge is 2.23. The van der Waals surface area contributed by atoms with Gasteiger partial charge in [0.1, 0.15) is 5.54 Å². The monoisotopic (exact) mass is 208 g/mol. The Balaban J connectivity index is 2.72. The molecule has 0 aliphatic carbocycles. The second kappa shape index (κ2) is 4.12. The predicted octanol–water partition coefficient (Wildman–Crippen LogP) is 2.79. The van der Waals surface area contributed by atoms with Crippen molar-refractivity contribution in [3.8, 4) is 6.07 Å². The van der Waals surface area contributed by atoms with Gasteiger partial charge in [-0.2, -0.15) is 5.26 Å². The van der Waals surface area contributed by atoms with E-state index in [1.165, 1.54) is 10.4 Å². The van der Waals surface area contributed by atoms with Crippen LogP contribution in [0.5, 0.6) is 0 Å². The van der Waals surface area contributed by atoms with Gasteiger partial charge in [0.05, 0.1) is 6.07 Å². The lowest BCUT2D eigenvalue weighted by Crippen LogP contribution is -2.38. The Bertz CT molecular complexity index is 346. The van der Waals surface area contributed by atoms with E-state index in [1.807, 2.05) is 20.9 Å². The number of rotatable bonds is 3. The van der Waals surface area contributed by atoms with E-state index in [1.54, 1.807) is 11.3 Å². The first-order chi connectivity index (χ1) is 6.47. The standard InChI is InChI=1S/C11H16N2S/c1-9-5-6-14-10(9)7-13(4)11(2,3)8-12/h5-6H,7H2,1-4H3. The van der Waals surface area contributed by atoms with Crippen molar-refractivity contribution in [2.24, 2.45) is 0 Å². The number of aryl methyl sites for hydroxylation is 1. The zero-order valence-corrected chi connectivity index (χ0v) is 9.98. The summed E-state index contributed by atoms with van der Waals surface area (Å²) in [6.45, 7) is 6.84. The van der Waals surface area contributed by atoms with Gasteiger partial charge in [-0.05, 0) is 44.8 Å². The summed E-state index contributed by atoms with van der Waals surface area (Å²) in [6.07, 6.45) is 0. The van der Waals surface area contributed by atoms with Gasteiger partial charge < -0.3 is 0 Å². The van der Waals surface area contributed by atoms with Gasteiger partial charge in [-0.25, -0.2) is 0 Å². The van der Waals surface area contributed by atoms with E-state index in [9.17, 15) is 0 Å². The minimum atomic E-state index is -0.392. The molecule has 0 aliphatic heterocycles. The minimum absolute atomic E-state index is 0.392. The molecule has 14 heavy (non-hydrogen) atoms. The van der Waals surface area contributed by atoms with E-state index in [0.717, 1.165) is 6.54 Å². The highest BCUT2D eigenvalue weighted by atomic mass is 32.1. The molecule has 3 heteroatoms. The minimum Gasteiger partial charge on any atom is -0.284 e. The van der Waals surface area contributed by atoms with Crippen molar-refractivity contribution in [2.45, 2.75) is 32.9 Å². The molecule has 2 nitrogen and oxygen atoms in total. The van der Waals surface area contributed by atoms with Gasteiger partial charge in [0.2, 0.25) is 0 Å². The van der Waals surface area contributed by atoms with Crippen LogP contribution in [-0.4, -0.2) is 17.5 Å². The van der Waals surface area contributed by atoms with Crippen LogP contribution < -0.4 is 0 Å². The maximum absolute atomic E-state index is 8.97. The molecule has 1 aromatic rings. The molecule has 0 aromatic carbocycles. The average Bonchev–Trinajstić information content (AvgIpc) is 2.52. The van der Waals surface area contributed by atoms with Crippen molar-refractivity contribution in [1.29, 1.82) is 5.26 Å². The highest BCUT2D eigenvalue weighted by Crippen LogP contribution is 2.21. The molecular formula is C11H16N2S. The van der Waals surface area contributed by atoms with Crippen molar-refractivity contribution >= 4 is 11.3 Å². The predicted molar refractivity (Wildman–Crippen MR) is 60.2 cm³/mol. The molecule has 1 aromatic heterocycles. The molecule has 1 heterocycles. The van der Waals surface area contributed by atoms with Crippen LogP contribution in [0, 0.1) is 18.3 Å². The van der Waals surface area contributed by atoms with E-state index in [-0.39, 0.29) is 0 Å². The fourth-order valence-corrected chi connectivity index (χ4v) is 2.02. The van der Waals surface area contributed by atoms with E-state index >= 15 is 0 Å². The Morgan fingerprint density at radius 1 is 1.57 bits per heavy atom. The van der Waals surface area contributed by atoms with E-state index < -0.39 is 5.54 Å². The lowest BCUT2D eigenvalue weighted by molar-refractivity contribution is 0.204. The third kappa shape index (κ3) is 2.34. The smallest absolute Gasteiger partial charge is 0.103 e. The summed E-state index contributed by atoms with van der Waals surface area (Å²) < 4.78 is 0. The van der Waals surface area contributed by atoms with Crippen LogP contribution in [0.1, 0.15) is 24.3 Å². The van der Waals surface area contributed by atoms with Gasteiger partial charge in [-0.3, -0.25) is 4.90 Å². The van der Waals surface area contributed by atoms with Crippen molar-refractivity contribution < 1.29 is 0 Å². The molecule has 0 saturated carbocycles. The topological polar surface area (TPSA) is 27.0 Å². The van der Waals surface area contributed by atoms with Gasteiger partial charge >= 0.3 is 0 Å². The van der Waals surface area contributed by atoms with Gasteiger partial charge in [-0.1, -0.05) is 0 Å². The quantitative estimate of drug-likeness (QED) is 0.763. The normalized spacial score (nSPS) is 11.7. The zero-order chi connectivity index (χ0) is 10.8. The summed E-state index contributed by atoms with van der Waals surface area (Å²) in [5, 5.41) is 11.1. The van der Waals surface area contributed by atoms with Gasteiger partial charge in [0, 0.05) is 11.4 Å². The SMILES string of the molecule is Cc1ccsc1CN(C)C(C)(C)C#N. The Hall–Kier alpha value is -0.850.